The van der Waals surface area contributed by atoms with E-state index < -0.39 is 12.0 Å². The van der Waals surface area contributed by atoms with Crippen LogP contribution in [0.3, 0.4) is 0 Å². The van der Waals surface area contributed by atoms with Gasteiger partial charge >= 0.3 is 6.11 Å². The average Bonchev–Trinajstić information content (AvgIpc) is 2.66. The van der Waals surface area contributed by atoms with Gasteiger partial charge in [0.1, 0.15) is 0 Å². The number of ether oxygens (including phenoxy) is 1. The lowest BCUT2D eigenvalue weighted by Gasteiger charge is -2.42. The molecule has 0 aromatic rings. The summed E-state index contributed by atoms with van der Waals surface area (Å²) in [6.45, 7) is 10.5. The Morgan fingerprint density at radius 2 is 1.30 bits per heavy atom. The normalized spacial score (nSPS) is 44.0. The van der Waals surface area contributed by atoms with E-state index in [1.54, 1.807) is 0 Å². The molecule has 27 heavy (non-hydrogen) atoms. The van der Waals surface area contributed by atoms with E-state index in [1.807, 2.05) is 0 Å². The zero-order chi connectivity index (χ0) is 19.6. The Kier molecular flexibility index (Phi) is 7.03. The predicted octanol–water partition coefficient (Wildman–Crippen LogP) is 7.47. The van der Waals surface area contributed by atoms with Gasteiger partial charge in [0.05, 0.1) is 12.0 Å². The Bertz CT molecular complexity index is 463. The lowest BCUT2D eigenvalue weighted by molar-refractivity contribution is -0.305. The van der Waals surface area contributed by atoms with Crippen molar-refractivity contribution < 1.29 is 13.5 Å². The fourth-order valence-corrected chi connectivity index (χ4v) is 6.11. The summed E-state index contributed by atoms with van der Waals surface area (Å²) in [4.78, 5) is 0. The molecule has 2 unspecified atom stereocenters. The fourth-order valence-electron chi connectivity index (χ4n) is 6.11. The van der Waals surface area contributed by atoms with Crippen LogP contribution in [0.15, 0.2) is 12.7 Å². The average molecular weight is 383 g/mol. The Labute approximate surface area is 165 Å². The van der Waals surface area contributed by atoms with E-state index >= 15 is 0 Å². The molecule has 0 aromatic heterocycles. The second kappa shape index (κ2) is 8.93. The third kappa shape index (κ3) is 5.14. The number of alkyl halides is 2. The molecule has 0 amide bonds. The number of halogens is 2. The first-order chi connectivity index (χ1) is 12.8. The quantitative estimate of drug-likeness (QED) is 0.448. The lowest BCUT2D eigenvalue weighted by atomic mass is 9.69. The second-order valence-corrected chi connectivity index (χ2v) is 10.1. The van der Waals surface area contributed by atoms with Crippen molar-refractivity contribution in [3.05, 3.63) is 12.7 Å². The van der Waals surface area contributed by atoms with Gasteiger partial charge in [0.15, 0.2) is 0 Å². The summed E-state index contributed by atoms with van der Waals surface area (Å²) in [5, 5.41) is 0. The zero-order valence-corrected chi connectivity index (χ0v) is 17.6. The summed E-state index contributed by atoms with van der Waals surface area (Å²) in [7, 11) is 0. The largest absolute Gasteiger partial charge is 0.358 e. The minimum Gasteiger partial charge on any atom is -0.317 e. The molecule has 0 bridgehead atoms. The van der Waals surface area contributed by atoms with Crippen molar-refractivity contribution in [3.63, 3.8) is 0 Å². The third-order valence-corrected chi connectivity index (χ3v) is 8.45. The molecule has 0 aromatic carbocycles. The fraction of sp³-hybridized carbons (Fsp3) is 0.917. The molecule has 3 fully saturated rings. The molecule has 0 aliphatic heterocycles. The predicted molar refractivity (Wildman–Crippen MR) is 108 cm³/mol. The molecule has 0 saturated heterocycles. The van der Waals surface area contributed by atoms with Crippen LogP contribution >= 0.6 is 0 Å². The van der Waals surface area contributed by atoms with E-state index in [-0.39, 0.29) is 6.10 Å². The summed E-state index contributed by atoms with van der Waals surface area (Å²) in [6, 6.07) is 0. The number of rotatable bonds is 5. The molecular formula is C24H40F2O. The highest BCUT2D eigenvalue weighted by molar-refractivity contribution is 4.89. The second-order valence-electron chi connectivity index (χ2n) is 10.1. The molecule has 3 saturated carbocycles. The summed E-state index contributed by atoms with van der Waals surface area (Å²) >= 11 is 0. The highest BCUT2D eigenvalue weighted by Gasteiger charge is 2.46. The van der Waals surface area contributed by atoms with E-state index in [0.29, 0.717) is 42.4 Å². The van der Waals surface area contributed by atoms with Crippen LogP contribution in [-0.4, -0.2) is 12.2 Å². The van der Waals surface area contributed by atoms with Gasteiger partial charge in [0.25, 0.3) is 0 Å². The van der Waals surface area contributed by atoms with Crippen LogP contribution in [0.1, 0.15) is 85.0 Å². The van der Waals surface area contributed by atoms with Gasteiger partial charge in [-0.15, -0.1) is 6.58 Å². The van der Waals surface area contributed by atoms with Gasteiger partial charge in [-0.2, -0.15) is 8.78 Å². The van der Waals surface area contributed by atoms with Gasteiger partial charge in [0, 0.05) is 0 Å². The van der Waals surface area contributed by atoms with Crippen LogP contribution in [0, 0.1) is 41.4 Å². The smallest absolute Gasteiger partial charge is 0.317 e. The van der Waals surface area contributed by atoms with E-state index in [9.17, 15) is 8.78 Å². The summed E-state index contributed by atoms with van der Waals surface area (Å²) in [5.74, 6) is 3.04. The Balaban J connectivity index is 1.47. The standard InChI is InChI=1S/C24H40F2O/c1-5-19-6-8-20(9-7-19)21-10-12-22(13-11-21)24(25,26)27-23-14-16(2)18(4)17(3)15-23/h5,16-23H,1,6-15H2,2-4H3. The van der Waals surface area contributed by atoms with Crippen molar-refractivity contribution >= 4 is 0 Å². The van der Waals surface area contributed by atoms with Crippen molar-refractivity contribution in [1.29, 1.82) is 0 Å². The highest BCUT2D eigenvalue weighted by atomic mass is 19.3. The van der Waals surface area contributed by atoms with Crippen LogP contribution in [0.4, 0.5) is 8.78 Å². The molecule has 3 heteroatoms. The molecule has 0 heterocycles. The third-order valence-electron chi connectivity index (χ3n) is 8.45. The summed E-state index contributed by atoms with van der Waals surface area (Å²) in [6.07, 6.45) is 8.62. The van der Waals surface area contributed by atoms with Crippen molar-refractivity contribution in [3.8, 4) is 0 Å². The zero-order valence-electron chi connectivity index (χ0n) is 17.6. The molecular weight excluding hydrogens is 342 g/mol. The summed E-state index contributed by atoms with van der Waals surface area (Å²) < 4.78 is 35.2. The maximum absolute atomic E-state index is 14.9. The van der Waals surface area contributed by atoms with Gasteiger partial charge in [0.2, 0.25) is 0 Å². The molecule has 2 atom stereocenters. The number of hydrogen-bond acceptors (Lipinski definition) is 1. The van der Waals surface area contributed by atoms with Gasteiger partial charge in [-0.1, -0.05) is 26.8 Å². The molecule has 156 valence electrons. The van der Waals surface area contributed by atoms with Gasteiger partial charge in [-0.25, -0.2) is 0 Å². The van der Waals surface area contributed by atoms with Gasteiger partial charge < -0.3 is 4.74 Å². The van der Waals surface area contributed by atoms with E-state index in [2.05, 4.69) is 33.4 Å². The lowest BCUT2D eigenvalue weighted by Crippen LogP contribution is -2.42. The Morgan fingerprint density at radius 1 is 0.815 bits per heavy atom. The number of hydrogen-bond donors (Lipinski definition) is 0. The molecule has 0 N–H and O–H groups in total. The molecule has 1 nitrogen and oxygen atoms in total. The molecule has 3 rings (SSSR count). The van der Waals surface area contributed by atoms with Gasteiger partial charge in [-0.05, 0) is 99.7 Å². The Hall–Kier alpha value is -0.440. The van der Waals surface area contributed by atoms with Crippen LogP contribution in [-0.2, 0) is 4.74 Å². The van der Waals surface area contributed by atoms with Gasteiger partial charge in [-0.3, -0.25) is 0 Å². The Morgan fingerprint density at radius 3 is 1.78 bits per heavy atom. The van der Waals surface area contributed by atoms with E-state index in [1.165, 1.54) is 25.7 Å². The maximum atomic E-state index is 14.9. The van der Waals surface area contributed by atoms with E-state index in [4.69, 9.17) is 4.74 Å². The van der Waals surface area contributed by atoms with Crippen molar-refractivity contribution in [2.24, 2.45) is 41.4 Å². The first-order valence-electron chi connectivity index (χ1n) is 11.5. The molecule has 3 aliphatic rings. The van der Waals surface area contributed by atoms with E-state index in [0.717, 1.165) is 31.6 Å². The first kappa shape index (κ1) is 21.3. The topological polar surface area (TPSA) is 9.23 Å². The van der Waals surface area contributed by atoms with Crippen LogP contribution in [0.2, 0.25) is 0 Å². The SMILES string of the molecule is C=CC1CCC(C2CCC(C(F)(F)OC3CC(C)C(C)C(C)C3)CC2)CC1. The minimum absolute atomic E-state index is 0.270. The van der Waals surface area contributed by atoms with Crippen molar-refractivity contribution in [2.45, 2.75) is 97.2 Å². The molecule has 0 radical (unpaired) electrons. The van der Waals surface area contributed by atoms with Crippen molar-refractivity contribution in [1.82, 2.24) is 0 Å². The maximum Gasteiger partial charge on any atom is 0.358 e. The molecule has 3 aliphatic carbocycles. The van der Waals surface area contributed by atoms with Crippen LogP contribution in [0.25, 0.3) is 0 Å². The van der Waals surface area contributed by atoms with Crippen LogP contribution in [0.5, 0.6) is 0 Å². The van der Waals surface area contributed by atoms with Crippen molar-refractivity contribution in [2.75, 3.05) is 0 Å². The highest BCUT2D eigenvalue weighted by Crippen LogP contribution is 2.47. The molecule has 0 spiro atoms. The monoisotopic (exact) mass is 382 g/mol. The number of allylic oxidation sites excluding steroid dienone is 1. The summed E-state index contributed by atoms with van der Waals surface area (Å²) in [5.41, 5.74) is 0. The van der Waals surface area contributed by atoms with Crippen LogP contribution < -0.4 is 0 Å². The first-order valence-corrected chi connectivity index (χ1v) is 11.5. The minimum atomic E-state index is -2.95.